The van der Waals surface area contributed by atoms with Gasteiger partial charge in [-0.1, -0.05) is 18.2 Å². The van der Waals surface area contributed by atoms with Gasteiger partial charge in [0.15, 0.2) is 5.76 Å². The second-order valence-electron chi connectivity index (χ2n) is 5.13. The van der Waals surface area contributed by atoms with Gasteiger partial charge in [0.25, 0.3) is 5.91 Å². The van der Waals surface area contributed by atoms with Gasteiger partial charge in [-0.3, -0.25) is 14.4 Å². The van der Waals surface area contributed by atoms with Crippen LogP contribution >= 0.6 is 0 Å². The van der Waals surface area contributed by atoms with E-state index < -0.39 is 17.7 Å². The van der Waals surface area contributed by atoms with E-state index in [1.807, 2.05) is 0 Å². The molecule has 1 aromatic carbocycles. The summed E-state index contributed by atoms with van der Waals surface area (Å²) in [6.07, 6.45) is 1.70. The first-order valence-electron chi connectivity index (χ1n) is 7.65. The molecule has 0 unspecified atom stereocenters. The quantitative estimate of drug-likeness (QED) is 0.652. The zero-order valence-electron chi connectivity index (χ0n) is 13.4. The molecule has 0 aliphatic carbocycles. The van der Waals surface area contributed by atoms with E-state index >= 15 is 0 Å². The van der Waals surface area contributed by atoms with Crippen molar-refractivity contribution in [1.29, 1.82) is 0 Å². The molecule has 0 atom stereocenters. The lowest BCUT2D eigenvalue weighted by molar-refractivity contribution is -0.125. The SMILES string of the molecule is O=C(CNC(=O)CNC(=O)c1ccco1)NCCc1ccccc1F. The number of nitrogens with one attached hydrogen (secondary N) is 3. The number of carbonyl (C=O) groups excluding carboxylic acids is 3. The Balaban J connectivity index is 1.60. The Morgan fingerprint density at radius 2 is 1.64 bits per heavy atom. The van der Waals surface area contributed by atoms with Crippen LogP contribution in [0.2, 0.25) is 0 Å². The molecule has 1 aromatic heterocycles. The van der Waals surface area contributed by atoms with Gasteiger partial charge in [0.1, 0.15) is 5.82 Å². The maximum atomic E-state index is 13.4. The van der Waals surface area contributed by atoms with Crippen LogP contribution in [-0.4, -0.2) is 37.4 Å². The Labute approximate surface area is 143 Å². The molecule has 0 bridgehead atoms. The van der Waals surface area contributed by atoms with Crippen LogP contribution in [0, 0.1) is 5.82 Å². The zero-order chi connectivity index (χ0) is 18.1. The van der Waals surface area contributed by atoms with Crippen LogP contribution in [0.3, 0.4) is 0 Å². The number of hydrogen-bond donors (Lipinski definition) is 3. The fraction of sp³-hybridized carbons (Fsp3) is 0.235. The Bertz CT molecular complexity index is 731. The molecular weight excluding hydrogens is 329 g/mol. The highest BCUT2D eigenvalue weighted by atomic mass is 19.1. The average Bonchev–Trinajstić information content (AvgIpc) is 3.14. The number of benzene rings is 1. The molecule has 0 fully saturated rings. The van der Waals surface area contributed by atoms with Gasteiger partial charge in [0, 0.05) is 6.54 Å². The summed E-state index contributed by atoms with van der Waals surface area (Å²) in [5, 5.41) is 7.31. The highest BCUT2D eigenvalue weighted by Gasteiger charge is 2.11. The van der Waals surface area contributed by atoms with Crippen LogP contribution in [0.15, 0.2) is 47.1 Å². The number of amides is 3. The molecule has 132 valence electrons. The number of halogens is 1. The summed E-state index contributed by atoms with van der Waals surface area (Å²) in [5.74, 6) is -1.66. The highest BCUT2D eigenvalue weighted by molar-refractivity contribution is 5.94. The minimum absolute atomic E-state index is 0.0960. The van der Waals surface area contributed by atoms with Crippen LogP contribution in [0.25, 0.3) is 0 Å². The lowest BCUT2D eigenvalue weighted by Gasteiger charge is -2.08. The highest BCUT2D eigenvalue weighted by Crippen LogP contribution is 2.05. The van der Waals surface area contributed by atoms with Crippen molar-refractivity contribution in [2.24, 2.45) is 0 Å². The van der Waals surface area contributed by atoms with Crippen LogP contribution < -0.4 is 16.0 Å². The van der Waals surface area contributed by atoms with Crippen molar-refractivity contribution in [2.45, 2.75) is 6.42 Å². The van der Waals surface area contributed by atoms with E-state index in [0.717, 1.165) is 0 Å². The fourth-order valence-electron chi connectivity index (χ4n) is 2.00. The van der Waals surface area contributed by atoms with E-state index in [1.165, 1.54) is 18.4 Å². The molecule has 0 saturated carbocycles. The lowest BCUT2D eigenvalue weighted by atomic mass is 10.1. The van der Waals surface area contributed by atoms with E-state index in [-0.39, 0.29) is 31.2 Å². The van der Waals surface area contributed by atoms with Crippen molar-refractivity contribution in [3.05, 3.63) is 59.8 Å². The molecule has 2 rings (SSSR count). The average molecular weight is 347 g/mol. The van der Waals surface area contributed by atoms with Crippen LogP contribution in [0.4, 0.5) is 4.39 Å². The van der Waals surface area contributed by atoms with Gasteiger partial charge in [-0.2, -0.15) is 0 Å². The Kier molecular flexibility index (Phi) is 6.70. The van der Waals surface area contributed by atoms with Crippen molar-refractivity contribution in [1.82, 2.24) is 16.0 Å². The summed E-state index contributed by atoms with van der Waals surface area (Å²) in [5.41, 5.74) is 0.507. The Morgan fingerprint density at radius 1 is 0.920 bits per heavy atom. The van der Waals surface area contributed by atoms with Crippen LogP contribution in [0.1, 0.15) is 16.1 Å². The third-order valence-corrected chi connectivity index (χ3v) is 3.27. The van der Waals surface area contributed by atoms with Crippen molar-refractivity contribution < 1.29 is 23.2 Å². The summed E-state index contributed by atoms with van der Waals surface area (Å²) in [6, 6.07) is 9.34. The molecule has 0 spiro atoms. The maximum Gasteiger partial charge on any atom is 0.287 e. The van der Waals surface area contributed by atoms with E-state index in [9.17, 15) is 18.8 Å². The van der Waals surface area contributed by atoms with E-state index in [1.54, 1.807) is 24.3 Å². The van der Waals surface area contributed by atoms with Crippen molar-refractivity contribution >= 4 is 17.7 Å². The van der Waals surface area contributed by atoms with E-state index in [0.29, 0.717) is 12.0 Å². The molecule has 0 saturated heterocycles. The molecule has 2 aromatic rings. The van der Waals surface area contributed by atoms with Crippen LogP contribution in [0.5, 0.6) is 0 Å². The summed E-state index contributed by atoms with van der Waals surface area (Å²) in [4.78, 5) is 34.8. The number of carbonyl (C=O) groups is 3. The third-order valence-electron chi connectivity index (χ3n) is 3.27. The van der Waals surface area contributed by atoms with Gasteiger partial charge >= 0.3 is 0 Å². The van der Waals surface area contributed by atoms with Gasteiger partial charge in [0.05, 0.1) is 19.4 Å². The molecule has 0 aliphatic rings. The van der Waals surface area contributed by atoms with E-state index in [4.69, 9.17) is 4.42 Å². The molecule has 0 aliphatic heterocycles. The van der Waals surface area contributed by atoms with Gasteiger partial charge < -0.3 is 20.4 Å². The zero-order valence-corrected chi connectivity index (χ0v) is 13.4. The molecule has 1 heterocycles. The minimum atomic E-state index is -0.519. The van der Waals surface area contributed by atoms with Crippen LogP contribution in [-0.2, 0) is 16.0 Å². The lowest BCUT2D eigenvalue weighted by Crippen LogP contribution is -2.42. The molecule has 8 heteroatoms. The van der Waals surface area contributed by atoms with Crippen molar-refractivity contribution in [3.63, 3.8) is 0 Å². The first-order valence-corrected chi connectivity index (χ1v) is 7.65. The predicted octanol–water partition coefficient (Wildman–Crippen LogP) is 0.624. The molecule has 25 heavy (non-hydrogen) atoms. The van der Waals surface area contributed by atoms with Gasteiger partial charge in [-0.15, -0.1) is 0 Å². The molecule has 3 N–H and O–H groups in total. The number of rotatable bonds is 8. The molecule has 0 radical (unpaired) electrons. The van der Waals surface area contributed by atoms with Gasteiger partial charge in [0.2, 0.25) is 11.8 Å². The molecule has 3 amide bonds. The van der Waals surface area contributed by atoms with Crippen molar-refractivity contribution in [3.8, 4) is 0 Å². The Morgan fingerprint density at radius 3 is 2.36 bits per heavy atom. The Hall–Kier alpha value is -3.16. The first-order chi connectivity index (χ1) is 12.1. The molecule has 7 nitrogen and oxygen atoms in total. The number of furan rings is 1. The van der Waals surface area contributed by atoms with Gasteiger partial charge in [-0.25, -0.2) is 4.39 Å². The second kappa shape index (κ2) is 9.21. The minimum Gasteiger partial charge on any atom is -0.459 e. The first kappa shape index (κ1) is 18.2. The maximum absolute atomic E-state index is 13.4. The van der Waals surface area contributed by atoms with Crippen molar-refractivity contribution in [2.75, 3.05) is 19.6 Å². The summed E-state index contributed by atoms with van der Waals surface area (Å²) in [6.45, 7) is -0.250. The van der Waals surface area contributed by atoms with Gasteiger partial charge in [-0.05, 0) is 30.2 Å². The summed E-state index contributed by atoms with van der Waals surface area (Å²) < 4.78 is 18.3. The van der Waals surface area contributed by atoms with E-state index in [2.05, 4.69) is 16.0 Å². The second-order valence-corrected chi connectivity index (χ2v) is 5.13. The molecular formula is C17H18FN3O4. The smallest absolute Gasteiger partial charge is 0.287 e. The monoisotopic (exact) mass is 347 g/mol. The predicted molar refractivity (Wildman–Crippen MR) is 87.2 cm³/mol. The fourth-order valence-corrected chi connectivity index (χ4v) is 2.00. The largest absolute Gasteiger partial charge is 0.459 e. The summed E-state index contributed by atoms with van der Waals surface area (Å²) in [7, 11) is 0. The normalized spacial score (nSPS) is 10.1. The summed E-state index contributed by atoms with van der Waals surface area (Å²) >= 11 is 0. The third kappa shape index (κ3) is 6.09. The number of hydrogen-bond acceptors (Lipinski definition) is 4. The standard InChI is InChI=1S/C17H18FN3O4/c18-13-5-2-1-4-12(13)7-8-19-15(22)10-20-16(23)11-21-17(24)14-6-3-9-25-14/h1-6,9H,7-8,10-11H2,(H,19,22)(H,20,23)(H,21,24). The topological polar surface area (TPSA) is 100 Å².